The van der Waals surface area contributed by atoms with E-state index in [-0.39, 0.29) is 0 Å². The third kappa shape index (κ3) is 3.45. The first kappa shape index (κ1) is 24.3. The van der Waals surface area contributed by atoms with Crippen LogP contribution >= 0.6 is 0 Å². The largest absolute Gasteiger partial charge is 0.456 e. The van der Waals surface area contributed by atoms with Crippen molar-refractivity contribution in [2.45, 2.75) is 0 Å². The molecule has 0 atom stereocenters. The number of aromatic nitrogens is 3. The maximum Gasteiger partial charge on any atom is 0.137 e. The molecule has 0 spiro atoms. The number of nitrogens with zero attached hydrogens (tertiary/aromatic N) is 3. The van der Waals surface area contributed by atoms with Gasteiger partial charge in [0, 0.05) is 39.1 Å². The third-order valence-corrected chi connectivity index (χ3v) is 9.14. The van der Waals surface area contributed by atoms with Crippen LogP contribution in [0.15, 0.2) is 156 Å². The lowest BCUT2D eigenvalue weighted by Gasteiger charge is -2.13. The van der Waals surface area contributed by atoms with Gasteiger partial charge in [-0.2, -0.15) is 0 Å². The van der Waals surface area contributed by atoms with E-state index in [1.807, 2.05) is 24.4 Å². The van der Waals surface area contributed by atoms with Crippen LogP contribution in [0.2, 0.25) is 0 Å². The van der Waals surface area contributed by atoms with Crippen LogP contribution in [0.3, 0.4) is 0 Å². The van der Waals surface area contributed by atoms with Crippen molar-refractivity contribution in [3.05, 3.63) is 152 Å². The number of fused-ring (bicyclic) bond motifs is 10. The molecule has 0 bridgehead atoms. The van der Waals surface area contributed by atoms with Crippen LogP contribution in [0, 0.1) is 0 Å². The summed E-state index contributed by atoms with van der Waals surface area (Å²) < 4.78 is 11.0. The standard InChI is InChI=1S/C41H25N3O/c1-4-17-34-30(14-1)31-15-2-5-18-35(31)43(34)28-12-7-10-26(24-28)27-11-8-13-29(25-27)44-36-19-9-23-42-40(36)33-21-22-38-39(41(33)44)32-16-3-6-20-37(32)45-38/h1-25H. The average molecular weight is 576 g/mol. The smallest absolute Gasteiger partial charge is 0.137 e. The minimum Gasteiger partial charge on any atom is -0.456 e. The van der Waals surface area contributed by atoms with Crippen LogP contribution in [-0.2, 0) is 0 Å². The highest BCUT2D eigenvalue weighted by Crippen LogP contribution is 2.41. The number of hydrogen-bond donors (Lipinski definition) is 0. The molecule has 4 aromatic heterocycles. The molecule has 45 heavy (non-hydrogen) atoms. The van der Waals surface area contributed by atoms with Gasteiger partial charge in [0.05, 0.1) is 33.0 Å². The van der Waals surface area contributed by atoms with Crippen molar-refractivity contribution in [1.82, 2.24) is 14.1 Å². The van der Waals surface area contributed by atoms with E-state index in [9.17, 15) is 0 Å². The fourth-order valence-corrected chi connectivity index (χ4v) is 7.25. The minimum atomic E-state index is 0.878. The van der Waals surface area contributed by atoms with E-state index in [1.165, 1.54) is 21.8 Å². The molecule has 0 saturated carbocycles. The van der Waals surface area contributed by atoms with Crippen molar-refractivity contribution in [2.24, 2.45) is 0 Å². The summed E-state index contributed by atoms with van der Waals surface area (Å²) in [6.07, 6.45) is 1.88. The Morgan fingerprint density at radius 2 is 1.07 bits per heavy atom. The van der Waals surface area contributed by atoms with Gasteiger partial charge in [0.1, 0.15) is 11.2 Å². The quantitative estimate of drug-likeness (QED) is 0.210. The molecule has 0 fully saturated rings. The minimum absolute atomic E-state index is 0.878. The molecule has 0 aliphatic rings. The number of rotatable bonds is 3. The van der Waals surface area contributed by atoms with Gasteiger partial charge in [-0.15, -0.1) is 0 Å². The maximum atomic E-state index is 6.31. The highest BCUT2D eigenvalue weighted by Gasteiger charge is 2.20. The van der Waals surface area contributed by atoms with Gasteiger partial charge < -0.3 is 13.6 Å². The van der Waals surface area contributed by atoms with E-state index in [1.54, 1.807) is 0 Å². The highest BCUT2D eigenvalue weighted by atomic mass is 16.3. The van der Waals surface area contributed by atoms with E-state index in [4.69, 9.17) is 9.40 Å². The maximum absolute atomic E-state index is 6.31. The lowest BCUT2D eigenvalue weighted by Crippen LogP contribution is -1.96. The van der Waals surface area contributed by atoms with Gasteiger partial charge in [0.25, 0.3) is 0 Å². The Bertz CT molecular complexity index is 2720. The zero-order chi connectivity index (χ0) is 29.5. The predicted molar refractivity (Wildman–Crippen MR) is 186 cm³/mol. The fourth-order valence-electron chi connectivity index (χ4n) is 7.25. The second-order valence-corrected chi connectivity index (χ2v) is 11.6. The van der Waals surface area contributed by atoms with Crippen molar-refractivity contribution in [1.29, 1.82) is 0 Å². The fraction of sp³-hybridized carbons (Fsp3) is 0. The van der Waals surface area contributed by atoms with Gasteiger partial charge in [-0.1, -0.05) is 78.9 Å². The molecule has 0 saturated heterocycles. The van der Waals surface area contributed by atoms with Crippen LogP contribution in [0.5, 0.6) is 0 Å². The SMILES string of the molecule is c1cc(-c2cccc(-n3c4cccnc4c4ccc5oc6ccccc6c5c43)c2)cc(-n2c3ccccc3c3ccccc32)c1. The molecule has 10 rings (SSSR count). The van der Waals surface area contributed by atoms with Crippen LogP contribution in [0.4, 0.5) is 0 Å². The molecule has 4 heterocycles. The second-order valence-electron chi connectivity index (χ2n) is 11.6. The monoisotopic (exact) mass is 575 g/mol. The molecule has 4 nitrogen and oxygen atoms in total. The van der Waals surface area contributed by atoms with Crippen molar-refractivity contribution < 1.29 is 4.42 Å². The summed E-state index contributed by atoms with van der Waals surface area (Å²) in [5, 5.41) is 5.86. The Morgan fingerprint density at radius 1 is 0.444 bits per heavy atom. The normalized spacial score (nSPS) is 12.0. The summed E-state index contributed by atoms with van der Waals surface area (Å²) >= 11 is 0. The first-order valence-electron chi connectivity index (χ1n) is 15.2. The summed E-state index contributed by atoms with van der Waals surface area (Å²) in [6.45, 7) is 0. The molecular weight excluding hydrogens is 550 g/mol. The Labute approximate surface area is 258 Å². The van der Waals surface area contributed by atoms with Gasteiger partial charge in [-0.05, 0) is 77.9 Å². The molecule has 210 valence electrons. The van der Waals surface area contributed by atoms with Crippen LogP contribution in [-0.4, -0.2) is 14.1 Å². The van der Waals surface area contributed by atoms with E-state index in [0.717, 1.165) is 66.4 Å². The van der Waals surface area contributed by atoms with Crippen molar-refractivity contribution >= 4 is 65.7 Å². The Balaban J connectivity index is 1.21. The molecule has 6 aromatic carbocycles. The highest BCUT2D eigenvalue weighted by molar-refractivity contribution is 6.23. The van der Waals surface area contributed by atoms with E-state index >= 15 is 0 Å². The molecular formula is C41H25N3O. The van der Waals surface area contributed by atoms with Crippen LogP contribution in [0.25, 0.3) is 88.2 Å². The number of benzene rings is 6. The van der Waals surface area contributed by atoms with Crippen molar-refractivity contribution in [2.75, 3.05) is 0 Å². The van der Waals surface area contributed by atoms with Crippen LogP contribution < -0.4 is 0 Å². The average Bonchev–Trinajstić information content (AvgIpc) is 3.76. The number of pyridine rings is 1. The first-order chi connectivity index (χ1) is 22.3. The van der Waals surface area contributed by atoms with E-state index in [2.05, 4.69) is 137 Å². The molecule has 10 aromatic rings. The predicted octanol–water partition coefficient (Wildman–Crippen LogP) is 10.8. The summed E-state index contributed by atoms with van der Waals surface area (Å²) in [6, 6.07) is 51.7. The number of hydrogen-bond acceptors (Lipinski definition) is 2. The van der Waals surface area contributed by atoms with Gasteiger partial charge in [-0.3, -0.25) is 4.98 Å². The molecule has 0 aliphatic heterocycles. The zero-order valence-electron chi connectivity index (χ0n) is 24.2. The van der Waals surface area contributed by atoms with Gasteiger partial charge in [0.2, 0.25) is 0 Å². The molecule has 4 heteroatoms. The Morgan fingerprint density at radius 3 is 1.80 bits per heavy atom. The second kappa shape index (κ2) is 9.18. The van der Waals surface area contributed by atoms with Crippen molar-refractivity contribution in [3.8, 4) is 22.5 Å². The van der Waals surface area contributed by atoms with E-state index < -0.39 is 0 Å². The van der Waals surface area contributed by atoms with Crippen LogP contribution in [0.1, 0.15) is 0 Å². The summed E-state index contributed by atoms with van der Waals surface area (Å²) in [7, 11) is 0. The molecule has 0 N–H and O–H groups in total. The first-order valence-corrected chi connectivity index (χ1v) is 15.2. The summed E-state index contributed by atoms with van der Waals surface area (Å²) in [5.74, 6) is 0. The molecule has 0 amide bonds. The Hall–Kier alpha value is -6.13. The van der Waals surface area contributed by atoms with Crippen molar-refractivity contribution in [3.63, 3.8) is 0 Å². The number of para-hydroxylation sites is 3. The Kier molecular flexibility index (Phi) is 4.96. The van der Waals surface area contributed by atoms with Gasteiger partial charge in [-0.25, -0.2) is 0 Å². The lowest BCUT2D eigenvalue weighted by atomic mass is 10.0. The summed E-state index contributed by atoms with van der Waals surface area (Å²) in [5.41, 5.74) is 11.9. The third-order valence-electron chi connectivity index (χ3n) is 9.14. The number of furan rings is 1. The molecule has 0 radical (unpaired) electrons. The molecule has 0 unspecified atom stereocenters. The topological polar surface area (TPSA) is 35.9 Å². The van der Waals surface area contributed by atoms with Gasteiger partial charge in [0.15, 0.2) is 0 Å². The lowest BCUT2D eigenvalue weighted by molar-refractivity contribution is 0.669. The zero-order valence-corrected chi connectivity index (χ0v) is 24.2. The summed E-state index contributed by atoms with van der Waals surface area (Å²) in [4.78, 5) is 4.84. The molecule has 0 aliphatic carbocycles. The van der Waals surface area contributed by atoms with Gasteiger partial charge >= 0.3 is 0 Å². The van der Waals surface area contributed by atoms with E-state index in [0.29, 0.717) is 0 Å².